The summed E-state index contributed by atoms with van der Waals surface area (Å²) in [7, 11) is 2.86. The summed E-state index contributed by atoms with van der Waals surface area (Å²) >= 11 is 0. The van der Waals surface area contributed by atoms with E-state index in [2.05, 4.69) is 4.74 Å². The number of amides is 1. The Kier molecular flexibility index (Phi) is 2.99. The van der Waals surface area contributed by atoms with Crippen molar-refractivity contribution in [2.75, 3.05) is 25.7 Å². The van der Waals surface area contributed by atoms with E-state index in [4.69, 9.17) is 4.74 Å². The molecule has 2 rings (SSSR count). The first-order chi connectivity index (χ1) is 8.17. The highest BCUT2D eigenvalue weighted by Crippen LogP contribution is 2.30. The Labute approximate surface area is 98.9 Å². The van der Waals surface area contributed by atoms with E-state index in [1.165, 1.54) is 19.1 Å². The van der Waals surface area contributed by atoms with Gasteiger partial charge in [0, 0.05) is 18.5 Å². The van der Waals surface area contributed by atoms with Crippen LogP contribution in [0.1, 0.15) is 16.8 Å². The lowest BCUT2D eigenvalue weighted by Gasteiger charge is -2.27. The monoisotopic (exact) mass is 235 g/mol. The highest BCUT2D eigenvalue weighted by Gasteiger charge is 2.28. The minimum Gasteiger partial charge on any atom is -0.497 e. The zero-order valence-electron chi connectivity index (χ0n) is 9.73. The zero-order chi connectivity index (χ0) is 12.4. The molecule has 0 aliphatic carbocycles. The Balaban J connectivity index is 2.46. The molecule has 0 N–H and O–H groups in total. The summed E-state index contributed by atoms with van der Waals surface area (Å²) in [5.41, 5.74) is 1.08. The molecule has 90 valence electrons. The van der Waals surface area contributed by atoms with E-state index in [1.54, 1.807) is 18.2 Å². The van der Waals surface area contributed by atoms with Crippen molar-refractivity contribution in [2.24, 2.45) is 0 Å². The number of benzene rings is 1. The van der Waals surface area contributed by atoms with Crippen molar-refractivity contribution in [2.45, 2.75) is 6.42 Å². The Morgan fingerprint density at radius 2 is 2.12 bits per heavy atom. The van der Waals surface area contributed by atoms with Crippen LogP contribution in [0.4, 0.5) is 10.5 Å². The molecule has 1 aromatic carbocycles. The molecule has 0 saturated carbocycles. The Bertz CT molecular complexity index is 470. The fourth-order valence-corrected chi connectivity index (χ4v) is 1.87. The molecule has 0 aromatic heterocycles. The van der Waals surface area contributed by atoms with Gasteiger partial charge in [0.15, 0.2) is 5.78 Å². The van der Waals surface area contributed by atoms with Gasteiger partial charge in [0.05, 0.1) is 19.9 Å². The summed E-state index contributed by atoms with van der Waals surface area (Å²) < 4.78 is 9.75. The van der Waals surface area contributed by atoms with Gasteiger partial charge in [0.1, 0.15) is 5.75 Å². The van der Waals surface area contributed by atoms with Crippen molar-refractivity contribution in [3.05, 3.63) is 23.8 Å². The quantitative estimate of drug-likeness (QED) is 0.745. The zero-order valence-corrected chi connectivity index (χ0v) is 9.73. The predicted molar refractivity (Wildman–Crippen MR) is 61.7 cm³/mol. The number of anilines is 1. The maximum atomic E-state index is 11.8. The number of fused-ring (bicyclic) bond motifs is 1. The molecule has 1 heterocycles. The van der Waals surface area contributed by atoms with Crippen LogP contribution in [0.2, 0.25) is 0 Å². The van der Waals surface area contributed by atoms with Gasteiger partial charge in [-0.05, 0) is 18.2 Å². The standard InChI is InChI=1S/C12H13NO4/c1-16-8-3-4-10-9(7-8)11(14)5-6-13(10)12(15)17-2/h3-4,7H,5-6H2,1-2H3. The van der Waals surface area contributed by atoms with E-state index in [-0.39, 0.29) is 5.78 Å². The number of ether oxygens (including phenoxy) is 2. The number of hydrogen-bond donors (Lipinski definition) is 0. The van der Waals surface area contributed by atoms with Gasteiger partial charge in [-0.15, -0.1) is 0 Å². The molecule has 0 saturated heterocycles. The first-order valence-corrected chi connectivity index (χ1v) is 5.24. The second kappa shape index (κ2) is 4.45. The third-order valence-electron chi connectivity index (χ3n) is 2.75. The Morgan fingerprint density at radius 1 is 1.35 bits per heavy atom. The van der Waals surface area contributed by atoms with E-state index in [0.717, 1.165) is 0 Å². The molecular formula is C12H13NO4. The van der Waals surface area contributed by atoms with Crippen molar-refractivity contribution < 1.29 is 19.1 Å². The number of hydrogen-bond acceptors (Lipinski definition) is 4. The number of Topliss-reactive ketones (excluding diaryl/α,β-unsaturated/α-hetero) is 1. The SMILES string of the molecule is COC(=O)N1CCC(=O)c2cc(OC)ccc21. The first-order valence-electron chi connectivity index (χ1n) is 5.24. The van der Waals surface area contributed by atoms with Crippen molar-refractivity contribution in [1.29, 1.82) is 0 Å². The summed E-state index contributed by atoms with van der Waals surface area (Å²) in [5.74, 6) is 0.614. The third-order valence-corrected chi connectivity index (χ3v) is 2.75. The smallest absolute Gasteiger partial charge is 0.414 e. The molecule has 0 fully saturated rings. The number of ketones is 1. The molecule has 5 nitrogen and oxygen atoms in total. The number of carbonyl (C=O) groups is 2. The lowest BCUT2D eigenvalue weighted by atomic mass is 10.0. The first kappa shape index (κ1) is 11.4. The van der Waals surface area contributed by atoms with Crippen LogP contribution in [0.5, 0.6) is 5.75 Å². The highest BCUT2D eigenvalue weighted by atomic mass is 16.5. The van der Waals surface area contributed by atoms with E-state index < -0.39 is 6.09 Å². The molecule has 1 amide bonds. The molecule has 1 aliphatic heterocycles. The minimum atomic E-state index is -0.455. The highest BCUT2D eigenvalue weighted by molar-refractivity contribution is 6.07. The van der Waals surface area contributed by atoms with Crippen LogP contribution >= 0.6 is 0 Å². The van der Waals surface area contributed by atoms with Crippen molar-refractivity contribution in [1.82, 2.24) is 0 Å². The van der Waals surface area contributed by atoms with Crippen molar-refractivity contribution in [3.8, 4) is 5.75 Å². The topological polar surface area (TPSA) is 55.8 Å². The van der Waals surface area contributed by atoms with Crippen LogP contribution in [0, 0.1) is 0 Å². The van der Waals surface area contributed by atoms with Gasteiger partial charge in [-0.1, -0.05) is 0 Å². The fraction of sp³-hybridized carbons (Fsp3) is 0.333. The largest absolute Gasteiger partial charge is 0.497 e. The number of methoxy groups -OCH3 is 2. The summed E-state index contributed by atoms with van der Waals surface area (Å²) in [6, 6.07) is 5.06. The number of nitrogens with zero attached hydrogens (tertiary/aromatic N) is 1. The number of rotatable bonds is 1. The van der Waals surface area contributed by atoms with Crippen LogP contribution in [-0.4, -0.2) is 32.6 Å². The van der Waals surface area contributed by atoms with Crippen LogP contribution in [0.25, 0.3) is 0 Å². The normalized spacial score (nSPS) is 14.2. The van der Waals surface area contributed by atoms with Gasteiger partial charge in [-0.25, -0.2) is 4.79 Å². The second-order valence-electron chi connectivity index (χ2n) is 3.68. The average Bonchev–Trinajstić information content (AvgIpc) is 2.38. The summed E-state index contributed by atoms with van der Waals surface area (Å²) in [6.07, 6.45) is -0.154. The van der Waals surface area contributed by atoms with Crippen LogP contribution in [0.15, 0.2) is 18.2 Å². The lowest BCUT2D eigenvalue weighted by molar-refractivity contribution is 0.0979. The van der Waals surface area contributed by atoms with Gasteiger partial charge in [-0.2, -0.15) is 0 Å². The molecule has 0 spiro atoms. The maximum absolute atomic E-state index is 11.8. The molecule has 0 atom stereocenters. The molecular weight excluding hydrogens is 222 g/mol. The van der Waals surface area contributed by atoms with Crippen LogP contribution in [-0.2, 0) is 4.74 Å². The Hall–Kier alpha value is -2.04. The molecule has 17 heavy (non-hydrogen) atoms. The fourth-order valence-electron chi connectivity index (χ4n) is 1.87. The van der Waals surface area contributed by atoms with Crippen LogP contribution in [0.3, 0.4) is 0 Å². The molecule has 1 aliphatic rings. The molecule has 1 aromatic rings. The van der Waals surface area contributed by atoms with Crippen LogP contribution < -0.4 is 9.64 Å². The predicted octanol–water partition coefficient (Wildman–Crippen LogP) is 1.85. The molecule has 5 heteroatoms. The molecule has 0 unspecified atom stereocenters. The maximum Gasteiger partial charge on any atom is 0.414 e. The summed E-state index contributed by atoms with van der Waals surface area (Å²) in [4.78, 5) is 24.8. The van der Waals surface area contributed by atoms with E-state index in [1.807, 2.05) is 0 Å². The van der Waals surface area contributed by atoms with Gasteiger partial charge < -0.3 is 9.47 Å². The average molecular weight is 235 g/mol. The van der Waals surface area contributed by atoms with Crippen molar-refractivity contribution >= 4 is 17.6 Å². The van der Waals surface area contributed by atoms with Gasteiger partial charge in [0.2, 0.25) is 0 Å². The van der Waals surface area contributed by atoms with E-state index in [9.17, 15) is 9.59 Å². The van der Waals surface area contributed by atoms with Gasteiger partial charge >= 0.3 is 6.09 Å². The molecule has 0 bridgehead atoms. The summed E-state index contributed by atoms with van der Waals surface area (Å²) in [5, 5.41) is 0. The second-order valence-corrected chi connectivity index (χ2v) is 3.68. The van der Waals surface area contributed by atoms with E-state index in [0.29, 0.717) is 30.0 Å². The van der Waals surface area contributed by atoms with Gasteiger partial charge in [0.25, 0.3) is 0 Å². The minimum absolute atomic E-state index is 0.0130. The number of carbonyl (C=O) groups excluding carboxylic acids is 2. The third kappa shape index (κ3) is 1.95. The Morgan fingerprint density at radius 3 is 2.76 bits per heavy atom. The van der Waals surface area contributed by atoms with Gasteiger partial charge in [-0.3, -0.25) is 9.69 Å². The van der Waals surface area contributed by atoms with Crippen molar-refractivity contribution in [3.63, 3.8) is 0 Å². The summed E-state index contributed by atoms with van der Waals surface area (Å²) in [6.45, 7) is 0.352. The lowest BCUT2D eigenvalue weighted by Crippen LogP contribution is -2.37. The van der Waals surface area contributed by atoms with E-state index >= 15 is 0 Å². The molecule has 0 radical (unpaired) electrons.